The van der Waals surface area contributed by atoms with Crippen LogP contribution in [0.5, 0.6) is 5.75 Å². The zero-order valence-electron chi connectivity index (χ0n) is 13.6. The Labute approximate surface area is 159 Å². The molecule has 9 heteroatoms. The summed E-state index contributed by atoms with van der Waals surface area (Å²) < 4.78 is 37.0. The first-order valence-electron chi connectivity index (χ1n) is 6.92. The van der Waals surface area contributed by atoms with Crippen molar-refractivity contribution in [3.05, 3.63) is 51.5 Å². The Morgan fingerprint density at radius 1 is 1.16 bits per heavy atom. The van der Waals surface area contributed by atoms with Gasteiger partial charge in [0.05, 0.1) is 39.9 Å². The van der Waals surface area contributed by atoms with Crippen molar-refractivity contribution in [3.8, 4) is 5.75 Å². The highest BCUT2D eigenvalue weighted by atomic mass is 79.9. The molecule has 0 fully saturated rings. The minimum atomic E-state index is -3.85. The van der Waals surface area contributed by atoms with Crippen LogP contribution in [-0.4, -0.2) is 35.7 Å². The van der Waals surface area contributed by atoms with E-state index in [0.29, 0.717) is 10.2 Å². The zero-order chi connectivity index (χ0) is 18.8. The van der Waals surface area contributed by atoms with Crippen LogP contribution >= 0.6 is 27.5 Å². The van der Waals surface area contributed by atoms with Crippen LogP contribution in [-0.2, 0) is 14.8 Å². The van der Waals surface area contributed by atoms with Crippen molar-refractivity contribution in [2.45, 2.75) is 4.90 Å². The van der Waals surface area contributed by atoms with Crippen LogP contribution in [0.1, 0.15) is 10.4 Å². The summed E-state index contributed by atoms with van der Waals surface area (Å²) in [6.07, 6.45) is 0. The van der Waals surface area contributed by atoms with Crippen molar-refractivity contribution in [2.24, 2.45) is 0 Å². The fourth-order valence-electron chi connectivity index (χ4n) is 2.08. The minimum absolute atomic E-state index is 0.0669. The highest BCUT2D eigenvalue weighted by Gasteiger charge is 2.24. The van der Waals surface area contributed by atoms with Gasteiger partial charge in [0.25, 0.3) is 10.0 Å². The standard InChI is InChI=1S/C16H15BrClNO5S/c1-19(10-4-6-14(18)12(8-10)16(20)24-3)25(21,22)11-5-7-15(23-2)13(17)9-11/h4-9H,1-3H3. The van der Waals surface area contributed by atoms with Crippen LogP contribution in [0.4, 0.5) is 5.69 Å². The first-order chi connectivity index (χ1) is 11.7. The lowest BCUT2D eigenvalue weighted by molar-refractivity contribution is 0.0601. The summed E-state index contributed by atoms with van der Waals surface area (Å²) in [5.74, 6) is -0.133. The number of sulfonamides is 1. The number of hydrogen-bond donors (Lipinski definition) is 0. The molecule has 0 amide bonds. The molecule has 0 heterocycles. The minimum Gasteiger partial charge on any atom is -0.496 e. The Kier molecular flexibility index (Phi) is 5.97. The number of methoxy groups -OCH3 is 2. The van der Waals surface area contributed by atoms with E-state index in [2.05, 4.69) is 20.7 Å². The van der Waals surface area contributed by atoms with Gasteiger partial charge >= 0.3 is 5.97 Å². The first-order valence-corrected chi connectivity index (χ1v) is 9.53. The Bertz CT molecular complexity index is 917. The summed E-state index contributed by atoms with van der Waals surface area (Å²) in [7, 11) is 0.249. The fraction of sp³-hybridized carbons (Fsp3) is 0.188. The van der Waals surface area contributed by atoms with Crippen molar-refractivity contribution in [2.75, 3.05) is 25.6 Å². The van der Waals surface area contributed by atoms with E-state index in [-0.39, 0.29) is 21.2 Å². The van der Waals surface area contributed by atoms with Gasteiger partial charge in [-0.05, 0) is 52.3 Å². The number of benzene rings is 2. The molecule has 0 aliphatic heterocycles. The predicted molar refractivity (Wildman–Crippen MR) is 99.1 cm³/mol. The zero-order valence-corrected chi connectivity index (χ0v) is 16.8. The topological polar surface area (TPSA) is 72.9 Å². The van der Waals surface area contributed by atoms with Crippen LogP contribution in [0.2, 0.25) is 5.02 Å². The maximum atomic E-state index is 12.8. The van der Waals surface area contributed by atoms with Gasteiger partial charge in [-0.25, -0.2) is 13.2 Å². The lowest BCUT2D eigenvalue weighted by Crippen LogP contribution is -2.26. The van der Waals surface area contributed by atoms with E-state index < -0.39 is 16.0 Å². The van der Waals surface area contributed by atoms with Gasteiger partial charge in [0.1, 0.15) is 5.75 Å². The van der Waals surface area contributed by atoms with Gasteiger partial charge in [0.15, 0.2) is 0 Å². The lowest BCUT2D eigenvalue weighted by atomic mass is 10.2. The van der Waals surface area contributed by atoms with Gasteiger partial charge in [-0.15, -0.1) is 0 Å². The molecule has 2 aromatic rings. The maximum absolute atomic E-state index is 12.8. The average Bonchev–Trinajstić information content (AvgIpc) is 2.60. The van der Waals surface area contributed by atoms with Gasteiger partial charge < -0.3 is 9.47 Å². The van der Waals surface area contributed by atoms with Crippen LogP contribution < -0.4 is 9.04 Å². The Hall–Kier alpha value is -1.77. The molecule has 0 saturated carbocycles. The van der Waals surface area contributed by atoms with Gasteiger partial charge in [0.2, 0.25) is 0 Å². The Balaban J connectivity index is 2.47. The van der Waals surface area contributed by atoms with Crippen molar-refractivity contribution < 1.29 is 22.7 Å². The molecule has 0 unspecified atom stereocenters. The highest BCUT2D eigenvalue weighted by molar-refractivity contribution is 9.10. The molecule has 0 aromatic heterocycles. The third-order valence-corrected chi connectivity index (χ3v) is 6.23. The number of nitrogens with zero attached hydrogens (tertiary/aromatic N) is 1. The molecule has 2 aromatic carbocycles. The Morgan fingerprint density at radius 2 is 1.84 bits per heavy atom. The summed E-state index contributed by atoms with van der Waals surface area (Å²) >= 11 is 9.24. The third kappa shape index (κ3) is 3.91. The number of carbonyl (C=O) groups is 1. The van der Waals surface area contributed by atoms with Crippen molar-refractivity contribution in [1.82, 2.24) is 0 Å². The quantitative estimate of drug-likeness (QED) is 0.652. The monoisotopic (exact) mass is 447 g/mol. The number of carbonyl (C=O) groups excluding carboxylic acids is 1. The number of esters is 1. The molecule has 25 heavy (non-hydrogen) atoms. The maximum Gasteiger partial charge on any atom is 0.339 e. The molecule has 0 aliphatic carbocycles. The molecule has 0 aliphatic rings. The lowest BCUT2D eigenvalue weighted by Gasteiger charge is -2.20. The summed E-state index contributed by atoms with van der Waals surface area (Å²) in [6.45, 7) is 0. The summed E-state index contributed by atoms with van der Waals surface area (Å²) in [5.41, 5.74) is 0.358. The summed E-state index contributed by atoms with van der Waals surface area (Å²) in [6, 6.07) is 8.75. The summed E-state index contributed by atoms with van der Waals surface area (Å²) in [4.78, 5) is 11.8. The van der Waals surface area contributed by atoms with Gasteiger partial charge in [-0.2, -0.15) is 0 Å². The SMILES string of the molecule is COC(=O)c1cc(N(C)S(=O)(=O)c2ccc(OC)c(Br)c2)ccc1Cl. The molecule has 0 spiro atoms. The number of ether oxygens (including phenoxy) is 2. The number of rotatable bonds is 5. The molecule has 6 nitrogen and oxygen atoms in total. The summed E-state index contributed by atoms with van der Waals surface area (Å²) in [5, 5.41) is 0.175. The largest absolute Gasteiger partial charge is 0.496 e. The molecular formula is C16H15BrClNO5S. The molecular weight excluding hydrogens is 434 g/mol. The molecule has 0 bridgehead atoms. The van der Waals surface area contributed by atoms with Crippen LogP contribution in [0.3, 0.4) is 0 Å². The van der Waals surface area contributed by atoms with Crippen LogP contribution in [0.15, 0.2) is 45.8 Å². The highest BCUT2D eigenvalue weighted by Crippen LogP contribution is 2.31. The normalized spacial score (nSPS) is 11.1. The first kappa shape index (κ1) is 19.6. The molecule has 134 valence electrons. The van der Waals surface area contributed by atoms with Gasteiger partial charge in [0, 0.05) is 7.05 Å². The van der Waals surface area contributed by atoms with E-state index in [9.17, 15) is 13.2 Å². The smallest absolute Gasteiger partial charge is 0.339 e. The van der Waals surface area contributed by atoms with Crippen molar-refractivity contribution in [1.29, 1.82) is 0 Å². The van der Waals surface area contributed by atoms with Gasteiger partial charge in [-0.3, -0.25) is 4.31 Å². The molecule has 2 rings (SSSR count). The third-order valence-electron chi connectivity index (χ3n) is 3.50. The van der Waals surface area contributed by atoms with E-state index in [0.717, 1.165) is 4.31 Å². The number of hydrogen-bond acceptors (Lipinski definition) is 5. The van der Waals surface area contributed by atoms with Crippen molar-refractivity contribution in [3.63, 3.8) is 0 Å². The second-order valence-electron chi connectivity index (χ2n) is 4.92. The van der Waals surface area contributed by atoms with Crippen LogP contribution in [0.25, 0.3) is 0 Å². The van der Waals surface area contributed by atoms with Crippen LogP contribution in [0, 0.1) is 0 Å². The van der Waals surface area contributed by atoms with E-state index in [1.54, 1.807) is 6.07 Å². The van der Waals surface area contributed by atoms with Gasteiger partial charge in [-0.1, -0.05) is 11.6 Å². The number of halogens is 2. The predicted octanol–water partition coefficient (Wildman–Crippen LogP) is 3.72. The molecule has 0 N–H and O–H groups in total. The van der Waals surface area contributed by atoms with E-state index in [1.807, 2.05) is 0 Å². The van der Waals surface area contributed by atoms with E-state index in [1.165, 1.54) is 51.6 Å². The van der Waals surface area contributed by atoms with Crippen molar-refractivity contribution >= 4 is 49.2 Å². The van der Waals surface area contributed by atoms with E-state index >= 15 is 0 Å². The number of anilines is 1. The van der Waals surface area contributed by atoms with E-state index in [4.69, 9.17) is 16.3 Å². The second kappa shape index (κ2) is 7.63. The average molecular weight is 449 g/mol. The second-order valence-corrected chi connectivity index (χ2v) is 8.16. The molecule has 0 radical (unpaired) electrons. The molecule has 0 saturated heterocycles. The fourth-order valence-corrected chi connectivity index (χ4v) is 4.18. The Morgan fingerprint density at radius 3 is 2.40 bits per heavy atom. The molecule has 0 atom stereocenters.